The van der Waals surface area contributed by atoms with E-state index in [-0.39, 0.29) is 0 Å². The highest BCUT2D eigenvalue weighted by molar-refractivity contribution is 7.10. The van der Waals surface area contributed by atoms with Crippen molar-refractivity contribution in [1.29, 1.82) is 0 Å². The Hall–Kier alpha value is -1.19. The van der Waals surface area contributed by atoms with Crippen molar-refractivity contribution in [1.82, 2.24) is 4.98 Å². The largest absolute Gasteiger partial charge is 0.330 e. The summed E-state index contributed by atoms with van der Waals surface area (Å²) in [6.07, 6.45) is 1.000. The molecule has 0 amide bonds. The standard InChI is InChI=1S/C15H20N2S/c1-10-4-5-13(12(3)8-10)14-9-18-15(17-14)11(2)6-7-16/h4-5,8-9,11H,6-7,16H2,1-3H3. The predicted molar refractivity (Wildman–Crippen MR) is 79.1 cm³/mol. The van der Waals surface area contributed by atoms with Gasteiger partial charge < -0.3 is 5.73 Å². The molecule has 0 aliphatic rings. The Morgan fingerprint density at radius 1 is 1.33 bits per heavy atom. The van der Waals surface area contributed by atoms with Crippen molar-refractivity contribution in [2.45, 2.75) is 33.1 Å². The van der Waals surface area contributed by atoms with E-state index in [2.05, 4.69) is 44.4 Å². The number of rotatable bonds is 4. The van der Waals surface area contributed by atoms with Gasteiger partial charge in [-0.25, -0.2) is 4.98 Å². The van der Waals surface area contributed by atoms with Crippen LogP contribution in [0.2, 0.25) is 0 Å². The van der Waals surface area contributed by atoms with E-state index in [1.54, 1.807) is 11.3 Å². The maximum atomic E-state index is 5.60. The second kappa shape index (κ2) is 5.63. The molecule has 0 aliphatic heterocycles. The summed E-state index contributed by atoms with van der Waals surface area (Å²) in [5.41, 5.74) is 10.5. The van der Waals surface area contributed by atoms with Crippen LogP contribution in [0.5, 0.6) is 0 Å². The summed E-state index contributed by atoms with van der Waals surface area (Å²) >= 11 is 1.74. The molecule has 0 spiro atoms. The summed E-state index contributed by atoms with van der Waals surface area (Å²) in [6.45, 7) is 7.17. The van der Waals surface area contributed by atoms with Gasteiger partial charge in [-0.2, -0.15) is 0 Å². The predicted octanol–water partition coefficient (Wildman–Crippen LogP) is 3.88. The normalized spacial score (nSPS) is 12.7. The molecule has 1 atom stereocenters. The highest BCUT2D eigenvalue weighted by Crippen LogP contribution is 2.29. The van der Waals surface area contributed by atoms with Gasteiger partial charge in [-0.1, -0.05) is 30.7 Å². The maximum absolute atomic E-state index is 5.60. The third-order valence-corrected chi connectivity index (χ3v) is 4.28. The molecule has 18 heavy (non-hydrogen) atoms. The summed E-state index contributed by atoms with van der Waals surface area (Å²) in [5.74, 6) is 0.458. The average Bonchev–Trinajstić information content (AvgIpc) is 2.78. The Morgan fingerprint density at radius 2 is 2.11 bits per heavy atom. The second-order valence-electron chi connectivity index (χ2n) is 4.87. The molecular formula is C15H20N2S. The van der Waals surface area contributed by atoms with E-state index in [9.17, 15) is 0 Å². The monoisotopic (exact) mass is 260 g/mol. The number of nitrogens with zero attached hydrogens (tertiary/aromatic N) is 1. The molecule has 0 saturated heterocycles. The van der Waals surface area contributed by atoms with Crippen LogP contribution in [0.25, 0.3) is 11.3 Å². The van der Waals surface area contributed by atoms with Crippen molar-refractivity contribution in [2.24, 2.45) is 5.73 Å². The van der Waals surface area contributed by atoms with Crippen LogP contribution in [-0.2, 0) is 0 Å². The van der Waals surface area contributed by atoms with Crippen molar-refractivity contribution in [3.05, 3.63) is 39.7 Å². The van der Waals surface area contributed by atoms with E-state index >= 15 is 0 Å². The lowest BCUT2D eigenvalue weighted by molar-refractivity contribution is 0.685. The van der Waals surface area contributed by atoms with Gasteiger partial charge in [0.05, 0.1) is 10.7 Å². The number of hydrogen-bond acceptors (Lipinski definition) is 3. The molecule has 0 aliphatic carbocycles. The van der Waals surface area contributed by atoms with Crippen LogP contribution >= 0.6 is 11.3 Å². The molecule has 2 N–H and O–H groups in total. The quantitative estimate of drug-likeness (QED) is 0.906. The van der Waals surface area contributed by atoms with Crippen LogP contribution < -0.4 is 5.73 Å². The smallest absolute Gasteiger partial charge is 0.0961 e. The molecule has 0 fully saturated rings. The third-order valence-electron chi connectivity index (χ3n) is 3.20. The lowest BCUT2D eigenvalue weighted by atomic mass is 10.0. The zero-order valence-corrected chi connectivity index (χ0v) is 12.1. The van der Waals surface area contributed by atoms with Crippen LogP contribution in [-0.4, -0.2) is 11.5 Å². The Balaban J connectivity index is 2.29. The molecule has 1 aromatic heterocycles. The van der Waals surface area contributed by atoms with E-state index < -0.39 is 0 Å². The Labute approximate surface area is 113 Å². The van der Waals surface area contributed by atoms with Crippen molar-refractivity contribution in [3.8, 4) is 11.3 Å². The van der Waals surface area contributed by atoms with Crippen molar-refractivity contribution >= 4 is 11.3 Å². The highest BCUT2D eigenvalue weighted by Gasteiger charge is 2.11. The third kappa shape index (κ3) is 2.79. The van der Waals surface area contributed by atoms with Crippen LogP contribution in [0, 0.1) is 13.8 Å². The van der Waals surface area contributed by atoms with Crippen molar-refractivity contribution < 1.29 is 0 Å². The first kappa shape index (κ1) is 13.2. The Morgan fingerprint density at radius 3 is 2.78 bits per heavy atom. The van der Waals surface area contributed by atoms with Crippen LogP contribution in [0.4, 0.5) is 0 Å². The molecule has 1 aromatic carbocycles. The second-order valence-corrected chi connectivity index (χ2v) is 5.76. The van der Waals surface area contributed by atoms with Gasteiger partial charge in [0.1, 0.15) is 0 Å². The molecular weight excluding hydrogens is 240 g/mol. The summed E-state index contributed by atoms with van der Waals surface area (Å²) < 4.78 is 0. The number of benzene rings is 1. The van der Waals surface area contributed by atoms with E-state index in [0.717, 1.165) is 18.7 Å². The molecule has 2 aromatic rings. The van der Waals surface area contributed by atoms with Gasteiger partial charge in [0, 0.05) is 16.9 Å². The number of nitrogens with two attached hydrogens (primary N) is 1. The van der Waals surface area contributed by atoms with E-state index in [1.165, 1.54) is 21.7 Å². The molecule has 2 rings (SSSR count). The minimum absolute atomic E-state index is 0.458. The average molecular weight is 260 g/mol. The van der Waals surface area contributed by atoms with Gasteiger partial charge in [-0.15, -0.1) is 11.3 Å². The first-order valence-corrected chi connectivity index (χ1v) is 7.23. The SMILES string of the molecule is Cc1ccc(-c2csc(C(C)CCN)n2)c(C)c1. The topological polar surface area (TPSA) is 38.9 Å². The molecule has 0 saturated carbocycles. The molecule has 2 nitrogen and oxygen atoms in total. The number of aryl methyl sites for hydroxylation is 2. The van der Waals surface area contributed by atoms with Gasteiger partial charge in [-0.3, -0.25) is 0 Å². The van der Waals surface area contributed by atoms with E-state index in [0.29, 0.717) is 5.92 Å². The zero-order chi connectivity index (χ0) is 13.1. The fourth-order valence-electron chi connectivity index (χ4n) is 2.11. The fraction of sp³-hybridized carbons (Fsp3) is 0.400. The van der Waals surface area contributed by atoms with Crippen LogP contribution in [0.1, 0.15) is 35.4 Å². The molecule has 1 unspecified atom stereocenters. The lowest BCUT2D eigenvalue weighted by Gasteiger charge is -2.06. The zero-order valence-electron chi connectivity index (χ0n) is 11.2. The Bertz CT molecular complexity index is 531. The number of aromatic nitrogens is 1. The van der Waals surface area contributed by atoms with Gasteiger partial charge >= 0.3 is 0 Å². The molecule has 3 heteroatoms. The van der Waals surface area contributed by atoms with Crippen LogP contribution in [0.15, 0.2) is 23.6 Å². The van der Waals surface area contributed by atoms with Gasteiger partial charge in [0.2, 0.25) is 0 Å². The number of hydrogen-bond donors (Lipinski definition) is 1. The first-order chi connectivity index (χ1) is 8.61. The van der Waals surface area contributed by atoms with Gasteiger partial charge in [0.25, 0.3) is 0 Å². The summed E-state index contributed by atoms with van der Waals surface area (Å²) in [5, 5.41) is 3.34. The minimum Gasteiger partial charge on any atom is -0.330 e. The van der Waals surface area contributed by atoms with Gasteiger partial charge in [0.15, 0.2) is 0 Å². The highest BCUT2D eigenvalue weighted by atomic mass is 32.1. The van der Waals surface area contributed by atoms with E-state index in [4.69, 9.17) is 10.7 Å². The lowest BCUT2D eigenvalue weighted by Crippen LogP contribution is -2.04. The molecule has 1 heterocycles. The first-order valence-electron chi connectivity index (χ1n) is 6.35. The molecule has 0 radical (unpaired) electrons. The molecule has 0 bridgehead atoms. The summed E-state index contributed by atoms with van der Waals surface area (Å²) in [7, 11) is 0. The maximum Gasteiger partial charge on any atom is 0.0961 e. The minimum atomic E-state index is 0.458. The van der Waals surface area contributed by atoms with Gasteiger partial charge in [-0.05, 0) is 32.4 Å². The molecule has 96 valence electrons. The van der Waals surface area contributed by atoms with Crippen molar-refractivity contribution in [3.63, 3.8) is 0 Å². The summed E-state index contributed by atoms with van der Waals surface area (Å²) in [6, 6.07) is 6.51. The fourth-order valence-corrected chi connectivity index (χ4v) is 3.03. The Kier molecular flexibility index (Phi) is 4.15. The number of thiazole rings is 1. The van der Waals surface area contributed by atoms with Crippen LogP contribution in [0.3, 0.4) is 0 Å². The van der Waals surface area contributed by atoms with Crippen molar-refractivity contribution in [2.75, 3.05) is 6.54 Å². The van der Waals surface area contributed by atoms with E-state index in [1.807, 2.05) is 0 Å². The summed E-state index contributed by atoms with van der Waals surface area (Å²) in [4.78, 5) is 4.75.